The summed E-state index contributed by atoms with van der Waals surface area (Å²) in [6, 6.07) is 2.45. The highest BCUT2D eigenvalue weighted by Crippen LogP contribution is 2.24. The fourth-order valence-corrected chi connectivity index (χ4v) is 4.22. The molecular weight excluding hydrogens is 410 g/mol. The third kappa shape index (κ3) is 6.27. The highest BCUT2D eigenvalue weighted by atomic mass is 16.5. The van der Waals surface area contributed by atoms with E-state index in [1.165, 1.54) is 0 Å². The Balaban J connectivity index is 1.49. The second-order valence-corrected chi connectivity index (χ2v) is 8.67. The highest BCUT2D eigenvalue weighted by molar-refractivity contribution is 5.54. The summed E-state index contributed by atoms with van der Waals surface area (Å²) in [6.45, 7) is 9.09. The van der Waals surface area contributed by atoms with Crippen molar-refractivity contribution in [2.24, 2.45) is 0 Å². The molecule has 2 fully saturated rings. The summed E-state index contributed by atoms with van der Waals surface area (Å²) in [4.78, 5) is 11.8. The molecular formula is C21H35N9O2. The lowest BCUT2D eigenvalue weighted by Crippen LogP contribution is -2.46. The van der Waals surface area contributed by atoms with Crippen LogP contribution in [0.5, 0.6) is 0 Å². The molecule has 2 saturated heterocycles. The number of hydrogen-bond donors (Lipinski definition) is 4. The van der Waals surface area contributed by atoms with Crippen molar-refractivity contribution < 1.29 is 9.84 Å². The van der Waals surface area contributed by atoms with Gasteiger partial charge in [0.25, 0.3) is 0 Å². The van der Waals surface area contributed by atoms with Crippen LogP contribution in [0, 0.1) is 0 Å². The van der Waals surface area contributed by atoms with Gasteiger partial charge in [0.2, 0.25) is 5.95 Å². The molecule has 0 spiro atoms. The molecule has 4 N–H and O–H groups in total. The highest BCUT2D eigenvalue weighted by Gasteiger charge is 2.24. The molecule has 4 rings (SSSR count). The van der Waals surface area contributed by atoms with Crippen molar-refractivity contribution in [3.8, 4) is 0 Å². The molecule has 2 aromatic heterocycles. The average molecular weight is 446 g/mol. The number of aromatic nitrogens is 5. The van der Waals surface area contributed by atoms with E-state index < -0.39 is 0 Å². The Hall–Kier alpha value is -2.50. The molecule has 0 saturated carbocycles. The molecule has 0 aliphatic carbocycles. The van der Waals surface area contributed by atoms with E-state index >= 15 is 0 Å². The molecule has 176 valence electrons. The van der Waals surface area contributed by atoms with E-state index in [1.54, 1.807) is 4.68 Å². The van der Waals surface area contributed by atoms with Gasteiger partial charge in [-0.3, -0.25) is 4.68 Å². The largest absolute Gasteiger partial charge is 0.396 e. The van der Waals surface area contributed by atoms with E-state index in [0.717, 1.165) is 56.4 Å². The monoisotopic (exact) mass is 445 g/mol. The molecule has 2 aromatic rings. The Labute approximate surface area is 189 Å². The molecule has 32 heavy (non-hydrogen) atoms. The van der Waals surface area contributed by atoms with Crippen LogP contribution in [0.3, 0.4) is 0 Å². The quantitative estimate of drug-likeness (QED) is 0.441. The predicted octanol–water partition coefficient (Wildman–Crippen LogP) is 0.840. The standard InChI is InChI=1S/C21H35N9O2/c1-15-12-29(13-16(2)32-15)20-10-19(24-17-4-6-22-7-5-17)25-21(26-20)23-11-18-14-30(28-27-18)8-3-9-31/h10,14-17,22,31H,3-9,11-13H2,1-2H3,(H2,23,24,25,26). The summed E-state index contributed by atoms with van der Waals surface area (Å²) in [5, 5.41) is 27.6. The lowest BCUT2D eigenvalue weighted by molar-refractivity contribution is -0.00545. The van der Waals surface area contributed by atoms with Crippen molar-refractivity contribution in [1.29, 1.82) is 0 Å². The average Bonchev–Trinajstić information content (AvgIpc) is 3.24. The number of morpholine rings is 1. The van der Waals surface area contributed by atoms with Crippen molar-refractivity contribution in [2.75, 3.05) is 48.3 Å². The number of nitrogens with one attached hydrogen (secondary N) is 3. The van der Waals surface area contributed by atoms with Crippen LogP contribution in [0.2, 0.25) is 0 Å². The van der Waals surface area contributed by atoms with E-state index in [9.17, 15) is 0 Å². The Morgan fingerprint density at radius 2 is 1.97 bits per heavy atom. The number of ether oxygens (including phenoxy) is 1. The maximum absolute atomic E-state index is 8.98. The van der Waals surface area contributed by atoms with Crippen LogP contribution in [-0.2, 0) is 17.8 Å². The van der Waals surface area contributed by atoms with Gasteiger partial charge >= 0.3 is 0 Å². The van der Waals surface area contributed by atoms with Gasteiger partial charge in [0.05, 0.1) is 24.9 Å². The molecule has 0 radical (unpaired) electrons. The first-order chi connectivity index (χ1) is 15.6. The number of hydrogen-bond acceptors (Lipinski definition) is 10. The lowest BCUT2D eigenvalue weighted by atomic mass is 10.1. The molecule has 2 atom stereocenters. The molecule has 0 amide bonds. The molecule has 11 heteroatoms. The third-order valence-corrected chi connectivity index (χ3v) is 5.71. The topological polar surface area (TPSA) is 125 Å². The second kappa shape index (κ2) is 10.9. The number of aliphatic hydroxyl groups is 1. The summed E-state index contributed by atoms with van der Waals surface area (Å²) in [5.74, 6) is 2.30. The molecule has 0 bridgehead atoms. The van der Waals surface area contributed by atoms with Crippen molar-refractivity contribution in [2.45, 2.75) is 64.4 Å². The number of aryl methyl sites for hydroxylation is 1. The van der Waals surface area contributed by atoms with Gasteiger partial charge in [-0.1, -0.05) is 5.21 Å². The minimum atomic E-state index is 0.139. The zero-order valence-electron chi connectivity index (χ0n) is 19.0. The van der Waals surface area contributed by atoms with Gasteiger partial charge in [0, 0.05) is 38.3 Å². The minimum Gasteiger partial charge on any atom is -0.396 e. The summed E-state index contributed by atoms with van der Waals surface area (Å²) in [6.07, 6.45) is 4.99. The van der Waals surface area contributed by atoms with Crippen LogP contribution in [0.4, 0.5) is 17.6 Å². The van der Waals surface area contributed by atoms with Gasteiger partial charge in [-0.05, 0) is 46.2 Å². The zero-order valence-corrected chi connectivity index (χ0v) is 19.0. The van der Waals surface area contributed by atoms with Crippen molar-refractivity contribution >= 4 is 17.6 Å². The van der Waals surface area contributed by atoms with Crippen LogP contribution in [-0.4, -0.2) is 81.1 Å². The second-order valence-electron chi connectivity index (χ2n) is 8.67. The first kappa shape index (κ1) is 22.7. The first-order valence-electron chi connectivity index (χ1n) is 11.6. The Kier molecular flexibility index (Phi) is 7.72. The van der Waals surface area contributed by atoms with Crippen LogP contribution >= 0.6 is 0 Å². The maximum atomic E-state index is 8.98. The number of piperidine rings is 1. The molecule has 11 nitrogen and oxygen atoms in total. The summed E-state index contributed by atoms with van der Waals surface area (Å²) < 4.78 is 7.64. The van der Waals surface area contributed by atoms with Crippen molar-refractivity contribution in [1.82, 2.24) is 30.3 Å². The Morgan fingerprint density at radius 1 is 1.19 bits per heavy atom. The molecule has 2 aliphatic heterocycles. The van der Waals surface area contributed by atoms with Gasteiger partial charge in [-0.2, -0.15) is 9.97 Å². The number of rotatable bonds is 9. The van der Waals surface area contributed by atoms with Gasteiger partial charge in [0.1, 0.15) is 17.3 Å². The molecule has 4 heterocycles. The van der Waals surface area contributed by atoms with Gasteiger partial charge in [-0.25, -0.2) is 0 Å². The number of aliphatic hydroxyl groups excluding tert-OH is 1. The predicted molar refractivity (Wildman–Crippen MR) is 123 cm³/mol. The lowest BCUT2D eigenvalue weighted by Gasteiger charge is -2.36. The molecule has 0 aromatic carbocycles. The number of nitrogens with zero attached hydrogens (tertiary/aromatic N) is 6. The van der Waals surface area contributed by atoms with Crippen LogP contribution in [0.1, 0.15) is 38.8 Å². The zero-order chi connectivity index (χ0) is 22.3. The van der Waals surface area contributed by atoms with E-state index in [4.69, 9.17) is 19.8 Å². The third-order valence-electron chi connectivity index (χ3n) is 5.71. The smallest absolute Gasteiger partial charge is 0.226 e. The van der Waals surface area contributed by atoms with E-state index in [0.29, 0.717) is 31.5 Å². The van der Waals surface area contributed by atoms with Crippen LogP contribution in [0.25, 0.3) is 0 Å². The summed E-state index contributed by atoms with van der Waals surface area (Å²) in [7, 11) is 0. The fraction of sp³-hybridized carbons (Fsp3) is 0.714. The van der Waals surface area contributed by atoms with Gasteiger partial charge < -0.3 is 30.7 Å². The first-order valence-corrected chi connectivity index (χ1v) is 11.6. The number of anilines is 3. The van der Waals surface area contributed by atoms with Crippen molar-refractivity contribution in [3.05, 3.63) is 18.0 Å². The Bertz CT molecular complexity index is 846. The van der Waals surface area contributed by atoms with E-state index in [-0.39, 0.29) is 18.8 Å². The van der Waals surface area contributed by atoms with Crippen molar-refractivity contribution in [3.63, 3.8) is 0 Å². The van der Waals surface area contributed by atoms with Crippen LogP contribution < -0.4 is 20.9 Å². The Morgan fingerprint density at radius 3 is 2.72 bits per heavy atom. The summed E-state index contributed by atoms with van der Waals surface area (Å²) >= 11 is 0. The van der Waals surface area contributed by atoms with Gasteiger partial charge in [-0.15, -0.1) is 5.10 Å². The van der Waals surface area contributed by atoms with E-state index in [2.05, 4.69) is 45.0 Å². The SMILES string of the molecule is CC1CN(c2cc(NC3CCNCC3)nc(NCc3cn(CCCO)nn3)n2)CC(C)O1. The van der Waals surface area contributed by atoms with E-state index in [1.807, 2.05) is 12.3 Å². The fourth-order valence-electron chi connectivity index (χ4n) is 4.22. The van der Waals surface area contributed by atoms with Gasteiger partial charge in [0.15, 0.2) is 0 Å². The molecule has 2 aliphatic rings. The van der Waals surface area contributed by atoms with Crippen LogP contribution in [0.15, 0.2) is 12.3 Å². The summed E-state index contributed by atoms with van der Waals surface area (Å²) in [5.41, 5.74) is 0.804. The minimum absolute atomic E-state index is 0.139. The normalized spacial score (nSPS) is 22.2. The molecule has 2 unspecified atom stereocenters. The maximum Gasteiger partial charge on any atom is 0.226 e.